The van der Waals surface area contributed by atoms with Crippen molar-refractivity contribution in [3.8, 4) is 5.75 Å². The summed E-state index contributed by atoms with van der Waals surface area (Å²) in [5, 5.41) is 6.44. The topological polar surface area (TPSA) is 62.8 Å². The molecule has 0 aromatic heterocycles. The lowest BCUT2D eigenvalue weighted by atomic mass is 10.1. The van der Waals surface area contributed by atoms with E-state index < -0.39 is 0 Å². The molecular formula is C26H27N3O3. The van der Waals surface area contributed by atoms with Crippen LogP contribution in [0.1, 0.15) is 27.0 Å². The molecule has 32 heavy (non-hydrogen) atoms. The van der Waals surface area contributed by atoms with Gasteiger partial charge in [0, 0.05) is 36.6 Å². The molecule has 0 bridgehead atoms. The largest absolute Gasteiger partial charge is 0.489 e. The van der Waals surface area contributed by atoms with Crippen LogP contribution in [-0.2, 0) is 24.3 Å². The molecule has 3 aliphatic rings. The van der Waals surface area contributed by atoms with Gasteiger partial charge in [-0.3, -0.25) is 4.79 Å². The number of morpholine rings is 1. The summed E-state index contributed by atoms with van der Waals surface area (Å²) in [5.41, 5.74) is 4.82. The van der Waals surface area contributed by atoms with Crippen molar-refractivity contribution in [3.05, 3.63) is 101 Å². The van der Waals surface area contributed by atoms with Crippen LogP contribution in [-0.4, -0.2) is 36.6 Å². The molecule has 3 aliphatic heterocycles. The molecule has 6 heteroatoms. The zero-order valence-electron chi connectivity index (χ0n) is 17.9. The van der Waals surface area contributed by atoms with Crippen LogP contribution in [0.25, 0.3) is 0 Å². The zero-order chi connectivity index (χ0) is 21.8. The second kappa shape index (κ2) is 9.42. The van der Waals surface area contributed by atoms with Crippen molar-refractivity contribution in [2.75, 3.05) is 19.7 Å². The number of hydrogen-bond acceptors (Lipinski definition) is 5. The quantitative estimate of drug-likeness (QED) is 0.738. The summed E-state index contributed by atoms with van der Waals surface area (Å²) in [6, 6.07) is 14.2. The van der Waals surface area contributed by atoms with Crippen molar-refractivity contribution in [3.63, 3.8) is 0 Å². The molecule has 0 unspecified atom stereocenters. The molecule has 0 saturated carbocycles. The molecule has 3 heterocycles. The minimum absolute atomic E-state index is 0.00572. The average molecular weight is 430 g/mol. The van der Waals surface area contributed by atoms with Crippen molar-refractivity contribution >= 4 is 5.91 Å². The van der Waals surface area contributed by atoms with E-state index in [1.54, 1.807) is 4.90 Å². The van der Waals surface area contributed by atoms with Crippen LogP contribution in [0.2, 0.25) is 0 Å². The first kappa shape index (κ1) is 20.5. The summed E-state index contributed by atoms with van der Waals surface area (Å²) in [7, 11) is 0. The van der Waals surface area contributed by atoms with Gasteiger partial charge in [-0.25, -0.2) is 0 Å². The first-order valence-electron chi connectivity index (χ1n) is 11.0. The zero-order valence-corrected chi connectivity index (χ0v) is 17.9. The molecule has 5 rings (SSSR count). The van der Waals surface area contributed by atoms with Crippen LogP contribution >= 0.6 is 0 Å². The van der Waals surface area contributed by atoms with E-state index in [0.29, 0.717) is 18.7 Å². The molecule has 1 amide bonds. The Morgan fingerprint density at radius 2 is 1.97 bits per heavy atom. The van der Waals surface area contributed by atoms with Crippen LogP contribution in [0.3, 0.4) is 0 Å². The highest BCUT2D eigenvalue weighted by atomic mass is 16.5. The molecule has 1 fully saturated rings. The van der Waals surface area contributed by atoms with E-state index in [1.165, 1.54) is 5.56 Å². The number of ether oxygens (including phenoxy) is 2. The van der Waals surface area contributed by atoms with Crippen molar-refractivity contribution in [1.82, 2.24) is 15.5 Å². The van der Waals surface area contributed by atoms with Gasteiger partial charge in [-0.05, 0) is 41.8 Å². The Bertz CT molecular complexity index is 1070. The molecule has 1 atom stereocenters. The lowest BCUT2D eigenvalue weighted by Crippen LogP contribution is -2.39. The summed E-state index contributed by atoms with van der Waals surface area (Å²) < 4.78 is 11.9. The van der Waals surface area contributed by atoms with Crippen LogP contribution < -0.4 is 15.4 Å². The summed E-state index contributed by atoms with van der Waals surface area (Å²) in [6.45, 7) is 3.57. The van der Waals surface area contributed by atoms with Gasteiger partial charge in [0.2, 0.25) is 0 Å². The highest BCUT2D eigenvalue weighted by Gasteiger charge is 2.31. The Kier molecular flexibility index (Phi) is 6.05. The lowest BCUT2D eigenvalue weighted by molar-refractivity contribution is 0.0292. The van der Waals surface area contributed by atoms with Gasteiger partial charge < -0.3 is 25.0 Å². The first-order chi connectivity index (χ1) is 15.8. The Balaban J connectivity index is 1.24. The van der Waals surface area contributed by atoms with E-state index in [9.17, 15) is 4.79 Å². The number of carbonyl (C=O) groups excluding carboxylic acids is 1. The first-order valence-corrected chi connectivity index (χ1v) is 11.0. The maximum atomic E-state index is 13.0. The van der Waals surface area contributed by atoms with Crippen LogP contribution in [0.4, 0.5) is 0 Å². The van der Waals surface area contributed by atoms with E-state index in [0.717, 1.165) is 48.7 Å². The normalized spacial score (nSPS) is 19.9. The Morgan fingerprint density at radius 1 is 1.09 bits per heavy atom. The van der Waals surface area contributed by atoms with Gasteiger partial charge in [0.05, 0.1) is 25.0 Å². The fourth-order valence-electron chi connectivity index (χ4n) is 4.21. The van der Waals surface area contributed by atoms with Gasteiger partial charge in [-0.15, -0.1) is 0 Å². The fraction of sp³-hybridized carbons (Fsp3) is 0.269. The van der Waals surface area contributed by atoms with Crippen molar-refractivity contribution < 1.29 is 14.3 Å². The van der Waals surface area contributed by atoms with E-state index >= 15 is 0 Å². The van der Waals surface area contributed by atoms with Gasteiger partial charge in [0.25, 0.3) is 5.91 Å². The fourth-order valence-corrected chi connectivity index (χ4v) is 4.21. The van der Waals surface area contributed by atoms with E-state index in [2.05, 4.69) is 34.9 Å². The summed E-state index contributed by atoms with van der Waals surface area (Å²) in [5.74, 6) is 0.752. The third-order valence-electron chi connectivity index (χ3n) is 5.92. The van der Waals surface area contributed by atoms with E-state index in [4.69, 9.17) is 9.47 Å². The maximum Gasteiger partial charge on any atom is 0.259 e. The van der Waals surface area contributed by atoms with E-state index in [-0.39, 0.29) is 12.0 Å². The van der Waals surface area contributed by atoms with E-state index in [1.807, 2.05) is 48.8 Å². The second-order valence-corrected chi connectivity index (χ2v) is 8.13. The Labute approximate surface area is 188 Å². The summed E-state index contributed by atoms with van der Waals surface area (Å²) in [4.78, 5) is 14.7. The number of nitrogens with one attached hydrogen (secondary N) is 2. The Hall–Kier alpha value is -3.35. The van der Waals surface area contributed by atoms with Gasteiger partial charge in [-0.1, -0.05) is 36.4 Å². The van der Waals surface area contributed by atoms with Gasteiger partial charge >= 0.3 is 0 Å². The number of benzene rings is 2. The predicted octanol–water partition coefficient (Wildman–Crippen LogP) is 3.27. The number of carbonyl (C=O) groups is 1. The molecule has 164 valence electrons. The molecular weight excluding hydrogens is 402 g/mol. The maximum absolute atomic E-state index is 13.0. The molecule has 2 aromatic carbocycles. The third-order valence-corrected chi connectivity index (χ3v) is 5.92. The van der Waals surface area contributed by atoms with Gasteiger partial charge in [0.15, 0.2) is 0 Å². The summed E-state index contributed by atoms with van der Waals surface area (Å²) >= 11 is 0. The molecule has 0 spiro atoms. The van der Waals surface area contributed by atoms with Crippen molar-refractivity contribution in [1.29, 1.82) is 0 Å². The standard InChI is InChI=1S/C26H27N3O3/c30-26-23-5-3-6-25(24(23)17-29(26)21-4-1-2-11-27-15-21)32-18-20-9-7-19(8-10-20)14-22-16-28-12-13-31-22/h1-11,15,22,27-28H,12-14,16-18H2/t22-/m0/s1. The smallest absolute Gasteiger partial charge is 0.259 e. The predicted molar refractivity (Wildman–Crippen MR) is 123 cm³/mol. The SMILES string of the molecule is O=C1c2cccc(OCc3ccc(C[C@H]4CNCCO4)cc3)c2CN1C1=CNC=CC=C1. The number of amides is 1. The number of allylic oxidation sites excluding steroid dienone is 3. The van der Waals surface area contributed by atoms with Crippen LogP contribution in [0.15, 0.2) is 78.8 Å². The Morgan fingerprint density at radius 3 is 2.81 bits per heavy atom. The highest BCUT2D eigenvalue weighted by Crippen LogP contribution is 2.33. The highest BCUT2D eigenvalue weighted by molar-refractivity contribution is 6.00. The van der Waals surface area contributed by atoms with Crippen molar-refractivity contribution in [2.24, 2.45) is 0 Å². The molecule has 2 N–H and O–H groups in total. The second-order valence-electron chi connectivity index (χ2n) is 8.13. The minimum atomic E-state index is -0.00572. The molecule has 0 radical (unpaired) electrons. The van der Waals surface area contributed by atoms with Crippen LogP contribution in [0, 0.1) is 0 Å². The lowest BCUT2D eigenvalue weighted by Gasteiger charge is -2.23. The molecule has 0 aliphatic carbocycles. The van der Waals surface area contributed by atoms with Crippen molar-refractivity contribution in [2.45, 2.75) is 25.7 Å². The molecule has 2 aromatic rings. The average Bonchev–Trinajstić information content (AvgIpc) is 3.00. The minimum Gasteiger partial charge on any atom is -0.489 e. The molecule has 6 nitrogen and oxygen atoms in total. The third kappa shape index (κ3) is 4.47. The molecule has 1 saturated heterocycles. The number of fused-ring (bicyclic) bond motifs is 1. The number of nitrogens with zero attached hydrogens (tertiary/aromatic N) is 1. The summed E-state index contributed by atoms with van der Waals surface area (Å²) in [6.07, 6.45) is 10.6. The number of hydrogen-bond donors (Lipinski definition) is 2. The van der Waals surface area contributed by atoms with Gasteiger partial charge in [-0.2, -0.15) is 0 Å². The monoisotopic (exact) mass is 429 g/mol. The van der Waals surface area contributed by atoms with Gasteiger partial charge in [0.1, 0.15) is 12.4 Å². The van der Waals surface area contributed by atoms with Crippen LogP contribution in [0.5, 0.6) is 5.75 Å². The number of rotatable bonds is 6.